The van der Waals surface area contributed by atoms with Gasteiger partial charge < -0.3 is 20.5 Å². The molecule has 0 aromatic heterocycles. The van der Waals surface area contributed by atoms with E-state index in [9.17, 15) is 4.79 Å². The van der Waals surface area contributed by atoms with E-state index < -0.39 is 5.54 Å². The van der Waals surface area contributed by atoms with Gasteiger partial charge in [0, 0.05) is 33.0 Å². The van der Waals surface area contributed by atoms with Crippen LogP contribution < -0.4 is 11.1 Å². The molecule has 18 heavy (non-hydrogen) atoms. The fraction of sp³-hybridized carbons (Fsp3) is 0.923. The van der Waals surface area contributed by atoms with Crippen molar-refractivity contribution in [3.63, 3.8) is 0 Å². The van der Waals surface area contributed by atoms with Crippen LogP contribution in [0.4, 0.5) is 0 Å². The molecule has 0 saturated carbocycles. The smallest absolute Gasteiger partial charge is 0.240 e. The molecule has 1 saturated heterocycles. The van der Waals surface area contributed by atoms with E-state index in [0.29, 0.717) is 45.1 Å². The highest BCUT2D eigenvalue weighted by atomic mass is 16.5. The summed E-state index contributed by atoms with van der Waals surface area (Å²) in [6, 6.07) is 0. The first-order valence-electron chi connectivity index (χ1n) is 6.77. The second-order valence-corrected chi connectivity index (χ2v) is 5.35. The molecule has 0 bridgehead atoms. The SMILES string of the molecule is CC(C)COCCCNC(=O)C1(N)CCOCC1. The fourth-order valence-electron chi connectivity index (χ4n) is 1.83. The summed E-state index contributed by atoms with van der Waals surface area (Å²) in [7, 11) is 0. The molecular formula is C13H26N2O3. The first-order valence-corrected chi connectivity index (χ1v) is 6.77. The average Bonchev–Trinajstić information content (AvgIpc) is 2.34. The van der Waals surface area contributed by atoms with E-state index in [1.165, 1.54) is 0 Å². The number of ether oxygens (including phenoxy) is 2. The molecule has 1 amide bonds. The number of hydrogen-bond donors (Lipinski definition) is 2. The van der Waals surface area contributed by atoms with E-state index in [4.69, 9.17) is 15.2 Å². The Morgan fingerprint density at radius 3 is 2.72 bits per heavy atom. The number of nitrogens with two attached hydrogens (primary N) is 1. The molecule has 5 nitrogen and oxygen atoms in total. The molecule has 3 N–H and O–H groups in total. The molecular weight excluding hydrogens is 232 g/mol. The Morgan fingerprint density at radius 1 is 1.44 bits per heavy atom. The third-order valence-electron chi connectivity index (χ3n) is 3.04. The van der Waals surface area contributed by atoms with Crippen molar-refractivity contribution in [2.24, 2.45) is 11.7 Å². The van der Waals surface area contributed by atoms with Crippen molar-refractivity contribution in [2.75, 3.05) is 33.0 Å². The van der Waals surface area contributed by atoms with E-state index >= 15 is 0 Å². The van der Waals surface area contributed by atoms with E-state index in [1.807, 2.05) is 0 Å². The highest BCUT2D eigenvalue weighted by molar-refractivity contribution is 5.86. The van der Waals surface area contributed by atoms with Crippen molar-refractivity contribution in [3.8, 4) is 0 Å². The monoisotopic (exact) mass is 258 g/mol. The van der Waals surface area contributed by atoms with Gasteiger partial charge in [0.05, 0.1) is 5.54 Å². The number of carbonyl (C=O) groups is 1. The Balaban J connectivity index is 2.09. The van der Waals surface area contributed by atoms with E-state index in [-0.39, 0.29) is 5.91 Å². The molecule has 5 heteroatoms. The largest absolute Gasteiger partial charge is 0.381 e. The second kappa shape index (κ2) is 7.71. The minimum absolute atomic E-state index is 0.0605. The molecule has 0 aromatic rings. The van der Waals surface area contributed by atoms with Crippen LogP contribution in [0.1, 0.15) is 33.1 Å². The highest BCUT2D eigenvalue weighted by Crippen LogP contribution is 2.17. The van der Waals surface area contributed by atoms with Crippen molar-refractivity contribution in [1.82, 2.24) is 5.32 Å². The quantitative estimate of drug-likeness (QED) is 0.658. The van der Waals surface area contributed by atoms with Crippen molar-refractivity contribution >= 4 is 5.91 Å². The third-order valence-corrected chi connectivity index (χ3v) is 3.04. The van der Waals surface area contributed by atoms with Crippen LogP contribution in [0.5, 0.6) is 0 Å². The summed E-state index contributed by atoms with van der Waals surface area (Å²) in [5.41, 5.74) is 5.32. The molecule has 1 aliphatic heterocycles. The van der Waals surface area contributed by atoms with Gasteiger partial charge in [-0.05, 0) is 25.2 Å². The number of hydrogen-bond acceptors (Lipinski definition) is 4. The second-order valence-electron chi connectivity index (χ2n) is 5.35. The lowest BCUT2D eigenvalue weighted by atomic mass is 9.90. The number of carbonyl (C=O) groups excluding carboxylic acids is 1. The number of rotatable bonds is 7. The van der Waals surface area contributed by atoms with Gasteiger partial charge in [0.2, 0.25) is 5.91 Å². The molecule has 0 spiro atoms. The van der Waals surface area contributed by atoms with E-state index in [2.05, 4.69) is 19.2 Å². The summed E-state index contributed by atoms with van der Waals surface area (Å²) in [5.74, 6) is 0.490. The van der Waals surface area contributed by atoms with Crippen molar-refractivity contribution in [2.45, 2.75) is 38.6 Å². The Labute approximate surface area is 109 Å². The zero-order chi connectivity index (χ0) is 13.4. The van der Waals surface area contributed by atoms with Crippen molar-refractivity contribution in [1.29, 1.82) is 0 Å². The van der Waals surface area contributed by atoms with Gasteiger partial charge in [-0.1, -0.05) is 13.8 Å². The molecule has 1 aliphatic rings. The maximum Gasteiger partial charge on any atom is 0.240 e. The Morgan fingerprint density at radius 2 is 2.11 bits per heavy atom. The summed E-state index contributed by atoms with van der Waals surface area (Å²) in [6.45, 7) is 7.45. The minimum Gasteiger partial charge on any atom is -0.381 e. The first kappa shape index (κ1) is 15.4. The van der Waals surface area contributed by atoms with Gasteiger partial charge >= 0.3 is 0 Å². The molecule has 0 radical (unpaired) electrons. The molecule has 0 atom stereocenters. The Kier molecular flexibility index (Phi) is 6.60. The maximum absolute atomic E-state index is 11.9. The van der Waals surface area contributed by atoms with Gasteiger partial charge in [-0.25, -0.2) is 0 Å². The molecule has 1 heterocycles. The molecule has 0 aliphatic carbocycles. The van der Waals surface area contributed by atoms with Gasteiger partial charge in [0.15, 0.2) is 0 Å². The predicted octanol–water partition coefficient (Wildman–Crippen LogP) is 0.673. The highest BCUT2D eigenvalue weighted by Gasteiger charge is 2.35. The van der Waals surface area contributed by atoms with Gasteiger partial charge in [-0.3, -0.25) is 4.79 Å². The summed E-state index contributed by atoms with van der Waals surface area (Å²) >= 11 is 0. The van der Waals surface area contributed by atoms with Crippen LogP contribution >= 0.6 is 0 Å². The van der Waals surface area contributed by atoms with Crippen molar-refractivity contribution in [3.05, 3.63) is 0 Å². The van der Waals surface area contributed by atoms with Gasteiger partial charge in [0.25, 0.3) is 0 Å². The minimum atomic E-state index is -0.739. The molecule has 0 aromatic carbocycles. The van der Waals surface area contributed by atoms with Crippen LogP contribution in [-0.4, -0.2) is 44.4 Å². The Hall–Kier alpha value is -0.650. The number of nitrogens with one attached hydrogen (secondary N) is 1. The van der Waals surface area contributed by atoms with Gasteiger partial charge in [0.1, 0.15) is 0 Å². The predicted molar refractivity (Wildman–Crippen MR) is 70.3 cm³/mol. The van der Waals surface area contributed by atoms with Crippen LogP contribution in [0.3, 0.4) is 0 Å². The van der Waals surface area contributed by atoms with Crippen LogP contribution in [0, 0.1) is 5.92 Å². The average molecular weight is 258 g/mol. The topological polar surface area (TPSA) is 73.6 Å². The fourth-order valence-corrected chi connectivity index (χ4v) is 1.83. The van der Waals surface area contributed by atoms with Gasteiger partial charge in [-0.2, -0.15) is 0 Å². The Bertz CT molecular complexity index is 251. The van der Waals surface area contributed by atoms with Crippen LogP contribution in [-0.2, 0) is 14.3 Å². The van der Waals surface area contributed by atoms with Crippen molar-refractivity contribution < 1.29 is 14.3 Å². The summed E-state index contributed by atoms with van der Waals surface area (Å²) in [4.78, 5) is 11.9. The molecule has 1 fully saturated rings. The maximum atomic E-state index is 11.9. The van der Waals surface area contributed by atoms with Crippen LogP contribution in [0.2, 0.25) is 0 Å². The summed E-state index contributed by atoms with van der Waals surface area (Å²) in [5, 5.41) is 2.88. The molecule has 0 unspecified atom stereocenters. The van der Waals surface area contributed by atoms with Crippen LogP contribution in [0.15, 0.2) is 0 Å². The lowest BCUT2D eigenvalue weighted by Crippen LogP contribution is -2.57. The standard InChI is InChI=1S/C13H26N2O3/c1-11(2)10-18-7-3-6-15-12(16)13(14)4-8-17-9-5-13/h11H,3-10,14H2,1-2H3,(H,15,16). The molecule has 106 valence electrons. The van der Waals surface area contributed by atoms with E-state index in [1.54, 1.807) is 0 Å². The summed E-state index contributed by atoms with van der Waals surface area (Å²) < 4.78 is 10.7. The lowest BCUT2D eigenvalue weighted by Gasteiger charge is -2.31. The lowest BCUT2D eigenvalue weighted by molar-refractivity contribution is -0.129. The normalized spacial score (nSPS) is 18.9. The molecule has 1 rings (SSSR count). The first-order chi connectivity index (χ1) is 8.54. The zero-order valence-electron chi connectivity index (χ0n) is 11.5. The van der Waals surface area contributed by atoms with E-state index in [0.717, 1.165) is 13.0 Å². The number of amides is 1. The third kappa shape index (κ3) is 5.33. The zero-order valence-corrected chi connectivity index (χ0v) is 11.5. The van der Waals surface area contributed by atoms with Crippen LogP contribution in [0.25, 0.3) is 0 Å². The summed E-state index contributed by atoms with van der Waals surface area (Å²) in [6.07, 6.45) is 2.02. The van der Waals surface area contributed by atoms with Gasteiger partial charge in [-0.15, -0.1) is 0 Å².